The molecule has 2 N–H and O–H groups in total. The molecule has 0 amide bonds. The molecule has 4 nitrogen and oxygen atoms in total. The van der Waals surface area contributed by atoms with Gasteiger partial charge in [-0.15, -0.1) is 0 Å². The van der Waals surface area contributed by atoms with Crippen LogP contribution in [0.5, 0.6) is 5.75 Å². The van der Waals surface area contributed by atoms with Gasteiger partial charge in [0, 0.05) is 17.3 Å². The van der Waals surface area contributed by atoms with Crippen LogP contribution >= 0.6 is 0 Å². The maximum absolute atomic E-state index is 11.0. The highest BCUT2D eigenvalue weighted by Gasteiger charge is 2.06. The van der Waals surface area contributed by atoms with E-state index < -0.39 is 5.97 Å². The van der Waals surface area contributed by atoms with Crippen LogP contribution in [0.4, 0.5) is 0 Å². The van der Waals surface area contributed by atoms with Crippen molar-refractivity contribution in [1.82, 2.24) is 0 Å². The monoisotopic (exact) mass is 207 g/mol. The summed E-state index contributed by atoms with van der Waals surface area (Å²) >= 11 is 0. The van der Waals surface area contributed by atoms with Gasteiger partial charge >= 0.3 is 5.97 Å². The number of nitrogens with two attached hydrogens (primary N) is 1. The standard InChI is InChI=1S/C11H13NO3/c1-14-10-6-4-3-5-8(10)9(12)7-11(13)15-2/h3-7H,12H2,1-2H3. The normalized spacial score (nSPS) is 10.9. The van der Waals surface area contributed by atoms with Crippen molar-refractivity contribution >= 4 is 11.7 Å². The maximum Gasteiger partial charge on any atom is 0.332 e. The van der Waals surface area contributed by atoms with Gasteiger partial charge in [0.05, 0.1) is 14.2 Å². The lowest BCUT2D eigenvalue weighted by atomic mass is 10.1. The number of carbonyl (C=O) groups is 1. The van der Waals surface area contributed by atoms with Gasteiger partial charge in [0.1, 0.15) is 5.75 Å². The van der Waals surface area contributed by atoms with Crippen LogP contribution in [-0.4, -0.2) is 20.2 Å². The molecule has 0 fully saturated rings. The van der Waals surface area contributed by atoms with E-state index >= 15 is 0 Å². The fraction of sp³-hybridized carbons (Fsp3) is 0.182. The third-order valence-corrected chi connectivity index (χ3v) is 1.89. The van der Waals surface area contributed by atoms with Crippen molar-refractivity contribution in [2.24, 2.45) is 5.73 Å². The molecule has 0 atom stereocenters. The van der Waals surface area contributed by atoms with Gasteiger partial charge in [0.15, 0.2) is 0 Å². The predicted octanol–water partition coefficient (Wildman–Crippen LogP) is 1.17. The minimum Gasteiger partial charge on any atom is -0.496 e. The van der Waals surface area contributed by atoms with Gasteiger partial charge in [0.25, 0.3) is 0 Å². The molecule has 80 valence electrons. The molecule has 0 heterocycles. The van der Waals surface area contributed by atoms with E-state index in [1.165, 1.54) is 13.2 Å². The lowest BCUT2D eigenvalue weighted by Crippen LogP contribution is -2.04. The van der Waals surface area contributed by atoms with Crippen molar-refractivity contribution in [2.45, 2.75) is 0 Å². The fourth-order valence-electron chi connectivity index (χ4n) is 1.15. The molecule has 0 saturated carbocycles. The zero-order valence-electron chi connectivity index (χ0n) is 8.69. The van der Waals surface area contributed by atoms with E-state index in [0.717, 1.165) is 0 Å². The number of rotatable bonds is 3. The molecule has 0 unspecified atom stereocenters. The van der Waals surface area contributed by atoms with Crippen LogP contribution in [0.3, 0.4) is 0 Å². The van der Waals surface area contributed by atoms with Gasteiger partial charge in [-0.2, -0.15) is 0 Å². The number of methoxy groups -OCH3 is 2. The third-order valence-electron chi connectivity index (χ3n) is 1.89. The van der Waals surface area contributed by atoms with Crippen LogP contribution in [0.25, 0.3) is 5.70 Å². The molecule has 0 saturated heterocycles. The smallest absolute Gasteiger partial charge is 0.332 e. The molecular formula is C11H13NO3. The summed E-state index contributed by atoms with van der Waals surface area (Å²) in [5.41, 5.74) is 6.72. The van der Waals surface area contributed by atoms with Crippen LogP contribution in [0.1, 0.15) is 5.56 Å². The van der Waals surface area contributed by atoms with Gasteiger partial charge in [-0.05, 0) is 12.1 Å². The number of esters is 1. The largest absolute Gasteiger partial charge is 0.496 e. The summed E-state index contributed by atoms with van der Waals surface area (Å²) in [4.78, 5) is 11.0. The van der Waals surface area contributed by atoms with Crippen molar-refractivity contribution < 1.29 is 14.3 Å². The van der Waals surface area contributed by atoms with E-state index in [2.05, 4.69) is 4.74 Å². The van der Waals surface area contributed by atoms with Gasteiger partial charge in [-0.1, -0.05) is 12.1 Å². The molecule has 0 aliphatic carbocycles. The van der Waals surface area contributed by atoms with Crippen molar-refractivity contribution in [1.29, 1.82) is 0 Å². The van der Waals surface area contributed by atoms with Crippen LogP contribution in [0.15, 0.2) is 30.3 Å². The Bertz CT molecular complexity index is 385. The number of hydrogen-bond acceptors (Lipinski definition) is 4. The SMILES string of the molecule is COC(=O)C=C(N)c1ccccc1OC. The number of benzene rings is 1. The molecule has 0 aliphatic rings. The third kappa shape index (κ3) is 2.74. The first-order valence-corrected chi connectivity index (χ1v) is 4.37. The number of para-hydroxylation sites is 1. The second-order valence-corrected chi connectivity index (χ2v) is 2.82. The van der Waals surface area contributed by atoms with Gasteiger partial charge in [-0.3, -0.25) is 0 Å². The number of hydrogen-bond donors (Lipinski definition) is 1. The van der Waals surface area contributed by atoms with Crippen molar-refractivity contribution in [2.75, 3.05) is 14.2 Å². The highest BCUT2D eigenvalue weighted by atomic mass is 16.5. The summed E-state index contributed by atoms with van der Waals surface area (Å²) in [6, 6.07) is 7.19. The average Bonchev–Trinajstić information content (AvgIpc) is 2.28. The molecule has 1 rings (SSSR count). The molecule has 1 aromatic carbocycles. The quantitative estimate of drug-likeness (QED) is 0.597. The molecule has 1 aromatic rings. The minimum absolute atomic E-state index is 0.319. The summed E-state index contributed by atoms with van der Waals surface area (Å²) in [6.07, 6.45) is 1.22. The predicted molar refractivity (Wildman–Crippen MR) is 57.2 cm³/mol. The highest BCUT2D eigenvalue weighted by Crippen LogP contribution is 2.22. The fourth-order valence-corrected chi connectivity index (χ4v) is 1.15. The summed E-state index contributed by atoms with van der Waals surface area (Å²) < 4.78 is 9.59. The van der Waals surface area contributed by atoms with Crippen LogP contribution < -0.4 is 10.5 Å². The second-order valence-electron chi connectivity index (χ2n) is 2.82. The first-order valence-electron chi connectivity index (χ1n) is 4.37. The minimum atomic E-state index is -0.488. The number of ether oxygens (including phenoxy) is 2. The Morgan fingerprint density at radius 1 is 1.33 bits per heavy atom. The van der Waals surface area contributed by atoms with E-state index in [1.807, 2.05) is 12.1 Å². The van der Waals surface area contributed by atoms with Crippen molar-refractivity contribution in [3.05, 3.63) is 35.9 Å². The Kier molecular flexibility index (Phi) is 3.74. The van der Waals surface area contributed by atoms with E-state index in [0.29, 0.717) is 17.0 Å². The van der Waals surface area contributed by atoms with Crippen LogP contribution in [0, 0.1) is 0 Å². The van der Waals surface area contributed by atoms with E-state index in [1.54, 1.807) is 19.2 Å². The molecule has 0 aromatic heterocycles. The average molecular weight is 207 g/mol. The van der Waals surface area contributed by atoms with Crippen LogP contribution in [0.2, 0.25) is 0 Å². The zero-order valence-corrected chi connectivity index (χ0v) is 8.69. The van der Waals surface area contributed by atoms with E-state index in [4.69, 9.17) is 10.5 Å². The molecule has 0 aliphatic heterocycles. The van der Waals surface area contributed by atoms with Gasteiger partial charge in [-0.25, -0.2) is 4.79 Å². The molecule has 15 heavy (non-hydrogen) atoms. The van der Waals surface area contributed by atoms with Gasteiger partial charge in [0.2, 0.25) is 0 Å². The lowest BCUT2D eigenvalue weighted by Gasteiger charge is -2.07. The van der Waals surface area contributed by atoms with E-state index in [-0.39, 0.29) is 0 Å². The lowest BCUT2D eigenvalue weighted by molar-refractivity contribution is -0.134. The summed E-state index contributed by atoms with van der Waals surface area (Å²) in [6.45, 7) is 0. The molecule has 0 spiro atoms. The Hall–Kier alpha value is -1.97. The first-order chi connectivity index (χ1) is 7.19. The molecule has 0 radical (unpaired) electrons. The first kappa shape index (κ1) is 11.1. The Labute approximate surface area is 88.3 Å². The molecule has 0 bridgehead atoms. The zero-order chi connectivity index (χ0) is 11.3. The maximum atomic E-state index is 11.0. The number of carbonyl (C=O) groups excluding carboxylic acids is 1. The Balaban J connectivity index is 3.05. The highest BCUT2D eigenvalue weighted by molar-refractivity contribution is 5.91. The van der Waals surface area contributed by atoms with Crippen LogP contribution in [-0.2, 0) is 9.53 Å². The summed E-state index contributed by atoms with van der Waals surface area (Å²) in [5.74, 6) is 0.133. The summed E-state index contributed by atoms with van der Waals surface area (Å²) in [5, 5.41) is 0. The second kappa shape index (κ2) is 5.05. The Morgan fingerprint density at radius 3 is 2.60 bits per heavy atom. The van der Waals surface area contributed by atoms with Gasteiger partial charge < -0.3 is 15.2 Å². The molecule has 4 heteroatoms. The van der Waals surface area contributed by atoms with Crippen molar-refractivity contribution in [3.63, 3.8) is 0 Å². The molecular weight excluding hydrogens is 194 g/mol. The van der Waals surface area contributed by atoms with Crippen molar-refractivity contribution in [3.8, 4) is 5.75 Å². The summed E-state index contributed by atoms with van der Waals surface area (Å²) in [7, 11) is 2.85. The Morgan fingerprint density at radius 2 is 2.00 bits per heavy atom. The van der Waals surface area contributed by atoms with E-state index in [9.17, 15) is 4.79 Å². The topological polar surface area (TPSA) is 61.5 Å².